The van der Waals surface area contributed by atoms with Gasteiger partial charge in [0, 0.05) is 0 Å². The summed E-state index contributed by atoms with van der Waals surface area (Å²) >= 11 is 0. The predicted octanol–water partition coefficient (Wildman–Crippen LogP) is 4.18. The van der Waals surface area contributed by atoms with Crippen LogP contribution < -0.4 is 0 Å². The van der Waals surface area contributed by atoms with Gasteiger partial charge in [0.1, 0.15) is 0 Å². The lowest BCUT2D eigenvalue weighted by atomic mass is 9.96. The molecule has 0 aromatic rings. The second kappa shape index (κ2) is 9.68. The van der Waals surface area contributed by atoms with E-state index in [0.29, 0.717) is 12.5 Å². The van der Waals surface area contributed by atoms with Crippen molar-refractivity contribution in [3.8, 4) is 0 Å². The zero-order chi connectivity index (χ0) is 12.4. The van der Waals surface area contributed by atoms with Gasteiger partial charge in [-0.3, -0.25) is 4.79 Å². The van der Waals surface area contributed by atoms with Crippen LogP contribution in [-0.4, -0.2) is 12.6 Å². The van der Waals surface area contributed by atoms with Crippen molar-refractivity contribution in [1.29, 1.82) is 0 Å². The van der Waals surface area contributed by atoms with Crippen molar-refractivity contribution in [1.82, 2.24) is 0 Å². The second-order valence-electron chi connectivity index (χ2n) is 4.95. The fraction of sp³-hybridized carbons (Fsp3) is 0.929. The summed E-state index contributed by atoms with van der Waals surface area (Å²) in [7, 11) is 0. The molecule has 0 saturated carbocycles. The van der Waals surface area contributed by atoms with Gasteiger partial charge in [-0.15, -0.1) is 0 Å². The van der Waals surface area contributed by atoms with Crippen LogP contribution in [0.1, 0.15) is 66.2 Å². The van der Waals surface area contributed by atoms with Gasteiger partial charge in [-0.05, 0) is 25.2 Å². The third kappa shape index (κ3) is 7.72. The molecule has 0 heterocycles. The molecule has 16 heavy (non-hydrogen) atoms. The molecule has 0 amide bonds. The van der Waals surface area contributed by atoms with Crippen LogP contribution in [0.5, 0.6) is 0 Å². The van der Waals surface area contributed by atoms with E-state index in [-0.39, 0.29) is 11.9 Å². The van der Waals surface area contributed by atoms with Crippen LogP contribution in [0, 0.1) is 11.8 Å². The average molecular weight is 228 g/mol. The molecule has 96 valence electrons. The lowest BCUT2D eigenvalue weighted by molar-refractivity contribution is -0.149. The number of carbonyl (C=O) groups excluding carboxylic acids is 1. The third-order valence-corrected chi connectivity index (χ3v) is 2.91. The van der Waals surface area contributed by atoms with Crippen LogP contribution in [0.3, 0.4) is 0 Å². The first-order chi connectivity index (χ1) is 7.61. The first kappa shape index (κ1) is 15.5. The first-order valence-electron chi connectivity index (χ1n) is 6.78. The van der Waals surface area contributed by atoms with E-state index in [1.54, 1.807) is 0 Å². The summed E-state index contributed by atoms with van der Waals surface area (Å²) in [4.78, 5) is 11.7. The molecular weight excluding hydrogens is 200 g/mol. The SMILES string of the molecule is CCCCCOC(=O)C(CC)CCC(C)C. The van der Waals surface area contributed by atoms with Crippen molar-refractivity contribution >= 4 is 5.97 Å². The molecule has 0 fully saturated rings. The first-order valence-corrected chi connectivity index (χ1v) is 6.78. The number of unbranched alkanes of at least 4 members (excludes halogenated alkanes) is 2. The van der Waals surface area contributed by atoms with E-state index in [1.807, 2.05) is 0 Å². The van der Waals surface area contributed by atoms with Gasteiger partial charge in [0.2, 0.25) is 0 Å². The largest absolute Gasteiger partial charge is 0.465 e. The zero-order valence-electron chi connectivity index (χ0n) is 11.4. The summed E-state index contributed by atoms with van der Waals surface area (Å²) in [5, 5.41) is 0. The van der Waals surface area contributed by atoms with Gasteiger partial charge in [-0.2, -0.15) is 0 Å². The van der Waals surface area contributed by atoms with Gasteiger partial charge >= 0.3 is 5.97 Å². The fourth-order valence-electron chi connectivity index (χ4n) is 1.67. The Morgan fingerprint density at radius 2 is 1.81 bits per heavy atom. The smallest absolute Gasteiger partial charge is 0.308 e. The van der Waals surface area contributed by atoms with Crippen LogP contribution in [0.25, 0.3) is 0 Å². The minimum absolute atomic E-state index is 0.0132. The molecule has 0 saturated heterocycles. The van der Waals surface area contributed by atoms with Gasteiger partial charge < -0.3 is 4.74 Å². The van der Waals surface area contributed by atoms with Gasteiger partial charge in [0.15, 0.2) is 0 Å². The van der Waals surface area contributed by atoms with Gasteiger partial charge in [0.25, 0.3) is 0 Å². The fourth-order valence-corrected chi connectivity index (χ4v) is 1.67. The van der Waals surface area contributed by atoms with Gasteiger partial charge in [-0.25, -0.2) is 0 Å². The molecule has 1 atom stereocenters. The molecule has 2 nitrogen and oxygen atoms in total. The molecule has 0 spiro atoms. The summed E-state index contributed by atoms with van der Waals surface area (Å²) in [6.07, 6.45) is 6.31. The Labute approximate surface area is 101 Å². The van der Waals surface area contributed by atoms with Crippen molar-refractivity contribution in [2.24, 2.45) is 11.8 Å². The molecule has 1 unspecified atom stereocenters. The van der Waals surface area contributed by atoms with Crippen molar-refractivity contribution in [3.05, 3.63) is 0 Å². The summed E-state index contributed by atoms with van der Waals surface area (Å²) in [5.74, 6) is 0.797. The maximum atomic E-state index is 11.7. The minimum atomic E-state index is 0.0132. The molecule has 0 aliphatic rings. The Bertz CT molecular complexity index is 176. The summed E-state index contributed by atoms with van der Waals surface area (Å²) in [6, 6.07) is 0. The summed E-state index contributed by atoms with van der Waals surface area (Å²) in [6.45, 7) is 9.21. The van der Waals surface area contributed by atoms with Crippen LogP contribution in [-0.2, 0) is 9.53 Å². The van der Waals surface area contributed by atoms with E-state index in [1.165, 1.54) is 6.42 Å². The minimum Gasteiger partial charge on any atom is -0.465 e. The topological polar surface area (TPSA) is 26.3 Å². The van der Waals surface area contributed by atoms with Crippen molar-refractivity contribution in [2.45, 2.75) is 66.2 Å². The summed E-state index contributed by atoms with van der Waals surface area (Å²) < 4.78 is 5.29. The Balaban J connectivity index is 3.73. The molecule has 0 radical (unpaired) electrons. The highest BCUT2D eigenvalue weighted by molar-refractivity contribution is 5.72. The number of rotatable bonds is 9. The molecule has 0 aromatic carbocycles. The van der Waals surface area contributed by atoms with Crippen LogP contribution in [0.2, 0.25) is 0 Å². The third-order valence-electron chi connectivity index (χ3n) is 2.91. The quantitative estimate of drug-likeness (QED) is 0.437. The van der Waals surface area contributed by atoms with E-state index in [0.717, 1.165) is 32.1 Å². The Morgan fingerprint density at radius 3 is 2.31 bits per heavy atom. The van der Waals surface area contributed by atoms with Crippen molar-refractivity contribution in [3.63, 3.8) is 0 Å². The highest BCUT2D eigenvalue weighted by atomic mass is 16.5. The van der Waals surface area contributed by atoms with Crippen LogP contribution >= 0.6 is 0 Å². The lowest BCUT2D eigenvalue weighted by Gasteiger charge is -2.15. The maximum absolute atomic E-state index is 11.7. The zero-order valence-corrected chi connectivity index (χ0v) is 11.4. The van der Waals surface area contributed by atoms with Crippen LogP contribution in [0.4, 0.5) is 0 Å². The normalized spacial score (nSPS) is 12.8. The Morgan fingerprint density at radius 1 is 1.12 bits per heavy atom. The predicted molar refractivity (Wildman–Crippen MR) is 68.3 cm³/mol. The monoisotopic (exact) mass is 228 g/mol. The molecular formula is C14H28O2. The number of ether oxygens (including phenoxy) is 1. The van der Waals surface area contributed by atoms with Crippen molar-refractivity contribution in [2.75, 3.05) is 6.61 Å². The number of hydrogen-bond donors (Lipinski definition) is 0. The highest BCUT2D eigenvalue weighted by Crippen LogP contribution is 2.17. The second-order valence-corrected chi connectivity index (χ2v) is 4.95. The highest BCUT2D eigenvalue weighted by Gasteiger charge is 2.17. The van der Waals surface area contributed by atoms with E-state index in [9.17, 15) is 4.79 Å². The molecule has 0 N–H and O–H groups in total. The van der Waals surface area contributed by atoms with Gasteiger partial charge in [-0.1, -0.05) is 47.0 Å². The van der Waals surface area contributed by atoms with Crippen molar-refractivity contribution < 1.29 is 9.53 Å². The molecule has 2 heteroatoms. The standard InChI is InChI=1S/C14H28O2/c1-5-7-8-11-16-14(15)13(6-2)10-9-12(3)4/h12-13H,5-11H2,1-4H3. The molecule has 0 rings (SSSR count). The van der Waals surface area contributed by atoms with E-state index in [4.69, 9.17) is 4.74 Å². The number of carbonyl (C=O) groups is 1. The van der Waals surface area contributed by atoms with E-state index in [2.05, 4.69) is 27.7 Å². The van der Waals surface area contributed by atoms with Crippen LogP contribution in [0.15, 0.2) is 0 Å². The Kier molecular flexibility index (Phi) is 9.36. The number of hydrogen-bond acceptors (Lipinski definition) is 2. The molecule has 0 aliphatic carbocycles. The Hall–Kier alpha value is -0.530. The van der Waals surface area contributed by atoms with Gasteiger partial charge in [0.05, 0.1) is 12.5 Å². The summed E-state index contributed by atoms with van der Waals surface area (Å²) in [5.41, 5.74) is 0. The lowest BCUT2D eigenvalue weighted by Crippen LogP contribution is -2.18. The van der Waals surface area contributed by atoms with E-state index >= 15 is 0 Å². The number of esters is 1. The molecule has 0 aromatic heterocycles. The average Bonchev–Trinajstić information content (AvgIpc) is 2.25. The van der Waals surface area contributed by atoms with E-state index < -0.39 is 0 Å². The molecule has 0 aliphatic heterocycles. The maximum Gasteiger partial charge on any atom is 0.308 e. The molecule has 0 bridgehead atoms.